The standard InChI is InChI=1S/Bi.4ClH.Li/h;4*1H;/q+3;;;;;+1/p-4. The van der Waals surface area contributed by atoms with Crippen LogP contribution in [-0.2, 0) is 0 Å². The van der Waals surface area contributed by atoms with E-state index in [1.54, 1.807) is 0 Å². The molecule has 0 aromatic rings. The Balaban J connectivity index is 0. The van der Waals surface area contributed by atoms with Crippen molar-refractivity contribution in [1.82, 2.24) is 0 Å². The smallest absolute Gasteiger partial charge is 1.00 e. The van der Waals surface area contributed by atoms with E-state index in [9.17, 15) is 0 Å². The van der Waals surface area contributed by atoms with Crippen molar-refractivity contribution in [2.45, 2.75) is 0 Å². The summed E-state index contributed by atoms with van der Waals surface area (Å²) in [7, 11) is 0. The summed E-state index contributed by atoms with van der Waals surface area (Å²) in [6, 6.07) is 0. The minimum atomic E-state index is 0. The van der Waals surface area contributed by atoms with Crippen LogP contribution in [0.2, 0.25) is 0 Å². The van der Waals surface area contributed by atoms with Crippen LogP contribution < -0.4 is 68.5 Å². The zero-order chi connectivity index (χ0) is 0. The predicted molar refractivity (Wildman–Crippen MR) is 5.75 cm³/mol. The molecule has 0 N–H and O–H groups in total. The second-order valence-electron chi connectivity index (χ2n) is 0. The van der Waals surface area contributed by atoms with Gasteiger partial charge in [-0.3, -0.25) is 0 Å². The molecule has 2 radical (unpaired) electrons. The van der Waals surface area contributed by atoms with Gasteiger partial charge < -0.3 is 49.6 Å². The Morgan fingerprint density at radius 3 is 0.500 bits per heavy atom. The first-order valence-corrected chi connectivity index (χ1v) is 0. The van der Waals surface area contributed by atoms with Crippen molar-refractivity contribution in [2.75, 3.05) is 0 Å². The molecule has 0 atom stereocenters. The molecule has 0 aliphatic rings. The average Bonchev–Trinajstić information content (AvgIpc) is 0. The summed E-state index contributed by atoms with van der Waals surface area (Å²) in [5.41, 5.74) is 0. The van der Waals surface area contributed by atoms with Gasteiger partial charge in [0.2, 0.25) is 0 Å². The fourth-order valence-electron chi connectivity index (χ4n) is 0. The molecule has 0 unspecified atom stereocenters. The number of halogens is 4. The average molecular weight is 358 g/mol. The van der Waals surface area contributed by atoms with Crippen molar-refractivity contribution in [1.29, 1.82) is 0 Å². The zero-order valence-corrected chi connectivity index (χ0v) is 9.46. The fraction of sp³-hybridized carbons (Fsp3) is 0. The maximum atomic E-state index is 0. The zero-order valence-electron chi connectivity index (χ0n) is 2.96. The van der Waals surface area contributed by atoms with Crippen LogP contribution in [0.15, 0.2) is 0 Å². The van der Waals surface area contributed by atoms with E-state index in [0.29, 0.717) is 0 Å². The molecule has 0 spiro atoms. The summed E-state index contributed by atoms with van der Waals surface area (Å²) in [5, 5.41) is 0. The summed E-state index contributed by atoms with van der Waals surface area (Å²) < 4.78 is 0. The quantitative estimate of drug-likeness (QED) is 0.378. The van der Waals surface area contributed by atoms with E-state index in [-0.39, 0.29) is 94.7 Å². The van der Waals surface area contributed by atoms with Crippen LogP contribution in [-0.4, -0.2) is 26.2 Å². The van der Waals surface area contributed by atoms with Crippen molar-refractivity contribution in [2.24, 2.45) is 0 Å². The van der Waals surface area contributed by atoms with Crippen LogP contribution in [0.1, 0.15) is 0 Å². The molecule has 0 aromatic heterocycles. The molecule has 0 fully saturated rings. The van der Waals surface area contributed by atoms with Gasteiger partial charge in [0.05, 0.1) is 0 Å². The normalized spacial score (nSPS) is 0. The van der Waals surface area contributed by atoms with Crippen LogP contribution in [0.4, 0.5) is 0 Å². The molecule has 0 rings (SSSR count). The Hall–Kier alpha value is 2.64. The first-order chi connectivity index (χ1) is 0. The van der Waals surface area contributed by atoms with E-state index in [2.05, 4.69) is 0 Å². The van der Waals surface area contributed by atoms with Gasteiger partial charge in [-0.05, 0) is 0 Å². The van der Waals surface area contributed by atoms with E-state index in [1.165, 1.54) is 0 Å². The van der Waals surface area contributed by atoms with E-state index in [4.69, 9.17) is 0 Å². The van der Waals surface area contributed by atoms with Crippen molar-refractivity contribution >= 4 is 26.2 Å². The molecular formula is BiCl4Li. The van der Waals surface area contributed by atoms with Crippen molar-refractivity contribution in [3.8, 4) is 0 Å². The second kappa shape index (κ2) is 48.3. The van der Waals surface area contributed by atoms with E-state index >= 15 is 0 Å². The van der Waals surface area contributed by atoms with E-state index < -0.39 is 0 Å². The monoisotopic (exact) mass is 356 g/mol. The Morgan fingerprint density at radius 1 is 0.500 bits per heavy atom. The van der Waals surface area contributed by atoms with Crippen molar-refractivity contribution < 1.29 is 68.5 Å². The maximum Gasteiger partial charge on any atom is 3.00 e. The third-order valence-corrected chi connectivity index (χ3v) is 0. The first kappa shape index (κ1) is 72.3. The van der Waals surface area contributed by atoms with E-state index in [0.717, 1.165) is 0 Å². The number of hydrogen-bond acceptors (Lipinski definition) is 0. The summed E-state index contributed by atoms with van der Waals surface area (Å²) in [6.07, 6.45) is 0. The third kappa shape index (κ3) is 30.3. The van der Waals surface area contributed by atoms with Crippen LogP contribution >= 0.6 is 0 Å². The van der Waals surface area contributed by atoms with Gasteiger partial charge in [-0.15, -0.1) is 0 Å². The first-order valence-electron chi connectivity index (χ1n) is 0. The molecule has 0 heterocycles. The van der Waals surface area contributed by atoms with Crippen LogP contribution in [0, 0.1) is 0 Å². The largest absolute Gasteiger partial charge is 3.00 e. The van der Waals surface area contributed by atoms with Gasteiger partial charge in [-0.2, -0.15) is 0 Å². The molecule has 6 heavy (non-hydrogen) atoms. The molecule has 0 bridgehead atoms. The van der Waals surface area contributed by atoms with Gasteiger partial charge >= 0.3 is 45.1 Å². The second-order valence-corrected chi connectivity index (χ2v) is 0. The van der Waals surface area contributed by atoms with E-state index in [1.807, 2.05) is 0 Å². The van der Waals surface area contributed by atoms with Crippen molar-refractivity contribution in [3.63, 3.8) is 0 Å². The van der Waals surface area contributed by atoms with Gasteiger partial charge in [0.25, 0.3) is 0 Å². The topological polar surface area (TPSA) is 0 Å². The molecule has 0 aliphatic carbocycles. The minimum absolute atomic E-state index is 0. The Morgan fingerprint density at radius 2 is 0.500 bits per heavy atom. The molecular weight excluding hydrogens is 358 g/mol. The Labute approximate surface area is 93.5 Å². The number of hydrogen-bond donors (Lipinski definition) is 0. The van der Waals surface area contributed by atoms with Gasteiger partial charge in [0, 0.05) is 0 Å². The molecule has 6 heteroatoms. The predicted octanol–water partition coefficient (Wildman–Crippen LogP) is -15.4. The van der Waals surface area contributed by atoms with Crippen LogP contribution in [0.3, 0.4) is 0 Å². The van der Waals surface area contributed by atoms with Gasteiger partial charge in [-0.1, -0.05) is 0 Å². The summed E-state index contributed by atoms with van der Waals surface area (Å²) in [6.45, 7) is 0. The molecule has 0 saturated carbocycles. The van der Waals surface area contributed by atoms with Gasteiger partial charge in [0.1, 0.15) is 0 Å². The number of rotatable bonds is 0. The molecule has 0 saturated heterocycles. The maximum absolute atomic E-state index is 0. The Kier molecular flexibility index (Phi) is 583. The third-order valence-electron chi connectivity index (χ3n) is 0. The Bertz CT molecular complexity index is 7.51. The summed E-state index contributed by atoms with van der Waals surface area (Å²) >= 11 is 0. The molecule has 0 nitrogen and oxygen atoms in total. The van der Waals surface area contributed by atoms with Crippen LogP contribution in [0.5, 0.6) is 0 Å². The molecule has 34 valence electrons. The molecule has 0 aliphatic heterocycles. The SMILES string of the molecule is [Bi+3].[Cl-].[Cl-].[Cl-].[Cl-].[Li+]. The van der Waals surface area contributed by atoms with Crippen molar-refractivity contribution in [3.05, 3.63) is 0 Å². The summed E-state index contributed by atoms with van der Waals surface area (Å²) in [4.78, 5) is 0. The minimum Gasteiger partial charge on any atom is -1.00 e. The van der Waals surface area contributed by atoms with Crippen LogP contribution in [0.25, 0.3) is 0 Å². The fourth-order valence-corrected chi connectivity index (χ4v) is 0. The van der Waals surface area contributed by atoms with Gasteiger partial charge in [0.15, 0.2) is 0 Å². The summed E-state index contributed by atoms with van der Waals surface area (Å²) in [5.74, 6) is 0. The molecule has 0 aromatic carbocycles. The van der Waals surface area contributed by atoms with Gasteiger partial charge in [-0.25, -0.2) is 0 Å². The molecule has 0 amide bonds.